The van der Waals surface area contributed by atoms with Crippen molar-refractivity contribution in [2.45, 2.75) is 44.3 Å². The Morgan fingerprint density at radius 3 is 3.11 bits per heavy atom. The van der Waals surface area contributed by atoms with Crippen LogP contribution in [0, 0.1) is 11.8 Å². The number of hydrogen-bond acceptors (Lipinski definition) is 4. The third-order valence-electron chi connectivity index (χ3n) is 3.79. The van der Waals surface area contributed by atoms with Crippen LogP contribution in [-0.2, 0) is 4.79 Å². The lowest BCUT2D eigenvalue weighted by Gasteiger charge is -2.34. The Balaban J connectivity index is 1.76. The molecule has 1 fully saturated rings. The maximum Gasteiger partial charge on any atom is 0.230 e. The van der Waals surface area contributed by atoms with E-state index in [0.29, 0.717) is 28.8 Å². The zero-order valence-electron chi connectivity index (χ0n) is 10.8. The molecular weight excluding hydrogens is 248 g/mol. The summed E-state index contributed by atoms with van der Waals surface area (Å²) < 4.78 is 0. The topological polar surface area (TPSA) is 70.7 Å². The molecule has 0 aromatic carbocycles. The van der Waals surface area contributed by atoms with Crippen molar-refractivity contribution in [3.63, 3.8) is 0 Å². The second-order valence-corrected chi connectivity index (χ2v) is 5.98. The van der Waals surface area contributed by atoms with Gasteiger partial charge < -0.3 is 5.32 Å². The molecule has 2 rings (SSSR count). The van der Waals surface area contributed by atoms with Crippen LogP contribution in [0.25, 0.3) is 0 Å². The Hall–Kier alpha value is -1.04. The first kappa shape index (κ1) is 13.4. The third-order valence-corrected chi connectivity index (χ3v) is 4.66. The molecule has 1 aliphatic rings. The number of hydrogen-bond donors (Lipinski definition) is 2. The van der Waals surface area contributed by atoms with E-state index in [1.54, 1.807) is 0 Å². The number of carbonyl (C=O) groups excluding carboxylic acids is 1. The van der Waals surface area contributed by atoms with Crippen LogP contribution in [0.15, 0.2) is 11.5 Å². The summed E-state index contributed by atoms with van der Waals surface area (Å²) in [5.41, 5.74) is 0. The minimum absolute atomic E-state index is 0.0855. The van der Waals surface area contributed by atoms with Gasteiger partial charge in [-0.05, 0) is 18.3 Å². The van der Waals surface area contributed by atoms with Gasteiger partial charge in [0.05, 0.1) is 5.75 Å². The van der Waals surface area contributed by atoms with Crippen molar-refractivity contribution in [2.24, 2.45) is 11.8 Å². The van der Waals surface area contributed by atoms with Crippen molar-refractivity contribution < 1.29 is 4.79 Å². The fraction of sp³-hybridized carbons (Fsp3) is 0.750. The average Bonchev–Trinajstić information content (AvgIpc) is 2.86. The summed E-state index contributed by atoms with van der Waals surface area (Å²) in [6.07, 6.45) is 5.04. The molecule has 1 amide bonds. The monoisotopic (exact) mass is 268 g/mol. The van der Waals surface area contributed by atoms with E-state index in [0.717, 1.165) is 6.42 Å². The quantitative estimate of drug-likeness (QED) is 0.817. The van der Waals surface area contributed by atoms with Crippen LogP contribution >= 0.6 is 11.8 Å². The smallest absolute Gasteiger partial charge is 0.230 e. The van der Waals surface area contributed by atoms with Gasteiger partial charge in [0.1, 0.15) is 6.33 Å². The number of rotatable bonds is 4. The molecule has 1 heterocycles. The van der Waals surface area contributed by atoms with Crippen molar-refractivity contribution >= 4 is 17.7 Å². The van der Waals surface area contributed by atoms with Crippen molar-refractivity contribution in [1.29, 1.82) is 0 Å². The number of thioether (sulfide) groups is 1. The molecule has 0 spiro atoms. The predicted octanol–water partition coefficient (Wildman–Crippen LogP) is 1.84. The van der Waals surface area contributed by atoms with Gasteiger partial charge in [0.15, 0.2) is 5.16 Å². The van der Waals surface area contributed by atoms with E-state index in [1.807, 2.05) is 0 Å². The van der Waals surface area contributed by atoms with E-state index in [2.05, 4.69) is 34.3 Å². The van der Waals surface area contributed by atoms with Crippen LogP contribution in [0.3, 0.4) is 0 Å². The van der Waals surface area contributed by atoms with E-state index in [-0.39, 0.29) is 5.91 Å². The largest absolute Gasteiger partial charge is 0.352 e. The third kappa shape index (κ3) is 3.48. The Morgan fingerprint density at radius 2 is 2.39 bits per heavy atom. The molecule has 0 bridgehead atoms. The van der Waals surface area contributed by atoms with Gasteiger partial charge >= 0.3 is 0 Å². The summed E-state index contributed by atoms with van der Waals surface area (Å²) in [4.78, 5) is 15.8. The number of amides is 1. The summed E-state index contributed by atoms with van der Waals surface area (Å²) in [6, 6.07) is 0.330. The molecule has 1 aromatic heterocycles. The van der Waals surface area contributed by atoms with Crippen LogP contribution in [0.1, 0.15) is 33.1 Å². The van der Waals surface area contributed by atoms with Crippen molar-refractivity contribution in [3.05, 3.63) is 6.33 Å². The van der Waals surface area contributed by atoms with Crippen molar-refractivity contribution in [1.82, 2.24) is 20.5 Å². The molecule has 3 atom stereocenters. The summed E-state index contributed by atoms with van der Waals surface area (Å²) in [5.74, 6) is 1.75. The Labute approximate surface area is 112 Å². The van der Waals surface area contributed by atoms with Crippen LogP contribution in [0.2, 0.25) is 0 Å². The Morgan fingerprint density at radius 1 is 1.56 bits per heavy atom. The molecule has 1 saturated carbocycles. The van der Waals surface area contributed by atoms with Gasteiger partial charge in [0.25, 0.3) is 0 Å². The lowest BCUT2D eigenvalue weighted by molar-refractivity contribution is -0.120. The summed E-state index contributed by atoms with van der Waals surface area (Å²) in [5, 5.41) is 10.3. The maximum absolute atomic E-state index is 11.9. The summed E-state index contributed by atoms with van der Waals surface area (Å²) in [7, 11) is 0. The molecule has 5 nitrogen and oxygen atoms in total. The zero-order valence-corrected chi connectivity index (χ0v) is 11.7. The highest BCUT2D eigenvalue weighted by Crippen LogP contribution is 2.29. The first-order chi connectivity index (χ1) is 8.66. The zero-order chi connectivity index (χ0) is 13.0. The molecule has 18 heavy (non-hydrogen) atoms. The molecule has 0 radical (unpaired) electrons. The van der Waals surface area contributed by atoms with Gasteiger partial charge in [-0.3, -0.25) is 9.89 Å². The van der Waals surface area contributed by atoms with Crippen LogP contribution < -0.4 is 5.32 Å². The lowest BCUT2D eigenvalue weighted by atomic mass is 9.78. The summed E-state index contributed by atoms with van der Waals surface area (Å²) in [6.45, 7) is 4.50. The van der Waals surface area contributed by atoms with E-state index >= 15 is 0 Å². The first-order valence-corrected chi connectivity index (χ1v) is 7.43. The maximum atomic E-state index is 11.9. The predicted molar refractivity (Wildman–Crippen MR) is 71.2 cm³/mol. The SMILES string of the molecule is C[C@H]1[C@H](C)CCC[C@H]1NC(=O)CSc1ncn[nH]1. The van der Waals surface area contributed by atoms with Gasteiger partial charge in [-0.2, -0.15) is 5.10 Å². The molecule has 0 aliphatic heterocycles. The van der Waals surface area contributed by atoms with E-state index in [1.165, 1.54) is 30.9 Å². The molecule has 0 saturated heterocycles. The van der Waals surface area contributed by atoms with Gasteiger partial charge in [-0.25, -0.2) is 4.98 Å². The van der Waals surface area contributed by atoms with E-state index in [4.69, 9.17) is 0 Å². The number of H-pyrrole nitrogens is 1. The Bertz CT molecular complexity index is 381. The van der Waals surface area contributed by atoms with Gasteiger partial charge in [0, 0.05) is 6.04 Å². The highest BCUT2D eigenvalue weighted by Gasteiger charge is 2.27. The number of nitrogens with zero attached hydrogens (tertiary/aromatic N) is 2. The fourth-order valence-corrected chi connectivity index (χ4v) is 3.02. The van der Waals surface area contributed by atoms with Gasteiger partial charge in [-0.1, -0.05) is 38.5 Å². The number of nitrogens with one attached hydrogen (secondary N) is 2. The molecule has 1 aliphatic carbocycles. The molecule has 0 unspecified atom stereocenters. The van der Waals surface area contributed by atoms with Crippen LogP contribution in [-0.4, -0.2) is 32.9 Å². The standard InChI is InChI=1S/C12H20N4OS/c1-8-4-3-5-10(9(8)2)15-11(17)6-18-12-13-7-14-16-12/h7-10H,3-6H2,1-2H3,(H,15,17)(H,13,14,16)/t8-,9+,10-/m1/s1. The Kier molecular flexibility index (Phi) is 4.63. The lowest BCUT2D eigenvalue weighted by Crippen LogP contribution is -2.44. The van der Waals surface area contributed by atoms with Gasteiger partial charge in [-0.15, -0.1) is 0 Å². The molecule has 2 N–H and O–H groups in total. The van der Waals surface area contributed by atoms with Crippen molar-refractivity contribution in [3.8, 4) is 0 Å². The number of carbonyl (C=O) groups is 1. The molecule has 6 heteroatoms. The number of aromatic amines is 1. The average molecular weight is 268 g/mol. The fourth-order valence-electron chi connectivity index (χ4n) is 2.43. The minimum atomic E-state index is 0.0855. The second-order valence-electron chi connectivity index (χ2n) is 5.02. The van der Waals surface area contributed by atoms with Crippen molar-refractivity contribution in [2.75, 3.05) is 5.75 Å². The highest BCUT2D eigenvalue weighted by atomic mass is 32.2. The second kappa shape index (κ2) is 6.22. The molecule has 100 valence electrons. The van der Waals surface area contributed by atoms with E-state index < -0.39 is 0 Å². The van der Waals surface area contributed by atoms with Crippen LogP contribution in [0.4, 0.5) is 0 Å². The van der Waals surface area contributed by atoms with Gasteiger partial charge in [0.2, 0.25) is 5.91 Å². The molecular formula is C12H20N4OS. The molecule has 1 aromatic rings. The normalized spacial score (nSPS) is 28.0. The minimum Gasteiger partial charge on any atom is -0.352 e. The number of aromatic nitrogens is 3. The highest BCUT2D eigenvalue weighted by molar-refractivity contribution is 7.99. The first-order valence-electron chi connectivity index (χ1n) is 6.44. The van der Waals surface area contributed by atoms with Crippen LogP contribution in [0.5, 0.6) is 0 Å². The van der Waals surface area contributed by atoms with E-state index in [9.17, 15) is 4.79 Å². The summed E-state index contributed by atoms with van der Waals surface area (Å²) >= 11 is 1.38.